The van der Waals surface area contributed by atoms with Gasteiger partial charge in [-0.3, -0.25) is 4.79 Å². The maximum Gasteiger partial charge on any atom is 0.349 e. The van der Waals surface area contributed by atoms with Crippen molar-refractivity contribution in [1.29, 1.82) is 0 Å². The molecule has 3 aromatic rings. The summed E-state index contributed by atoms with van der Waals surface area (Å²) in [6.07, 6.45) is 4.77. The lowest BCUT2D eigenvalue weighted by Gasteiger charge is -2.14. The first-order valence-corrected chi connectivity index (χ1v) is 10.5. The number of hydrogen-bond acceptors (Lipinski definition) is 4. The molecule has 1 aliphatic rings. The molecule has 5 heteroatoms. The van der Waals surface area contributed by atoms with Gasteiger partial charge in [-0.15, -0.1) is 11.3 Å². The van der Waals surface area contributed by atoms with Gasteiger partial charge in [-0.2, -0.15) is 0 Å². The number of anilines is 1. The molecule has 1 atom stereocenters. The molecule has 0 bridgehead atoms. The first-order chi connectivity index (χ1) is 13.6. The number of amides is 1. The Morgan fingerprint density at radius 2 is 1.82 bits per heavy atom. The van der Waals surface area contributed by atoms with Crippen molar-refractivity contribution >= 4 is 39.7 Å². The van der Waals surface area contributed by atoms with Gasteiger partial charge >= 0.3 is 5.97 Å². The van der Waals surface area contributed by atoms with Crippen LogP contribution in [-0.2, 0) is 22.4 Å². The average Bonchev–Trinajstić information content (AvgIpc) is 2.99. The molecule has 1 heterocycles. The van der Waals surface area contributed by atoms with E-state index in [1.165, 1.54) is 41.0 Å². The Hall–Kier alpha value is -2.66. The lowest BCUT2D eigenvalue weighted by atomic mass is 10.1. The second kappa shape index (κ2) is 8.15. The zero-order valence-electron chi connectivity index (χ0n) is 15.9. The Morgan fingerprint density at radius 3 is 2.71 bits per heavy atom. The topological polar surface area (TPSA) is 55.4 Å². The Bertz CT molecular complexity index is 995. The van der Waals surface area contributed by atoms with Crippen LogP contribution in [0.1, 0.15) is 46.3 Å². The molecular weight excluding hydrogens is 370 g/mol. The average molecular weight is 394 g/mol. The predicted molar refractivity (Wildman–Crippen MR) is 113 cm³/mol. The summed E-state index contributed by atoms with van der Waals surface area (Å²) in [5.41, 5.74) is 1.98. The predicted octanol–water partition coefficient (Wildman–Crippen LogP) is 5.35. The van der Waals surface area contributed by atoms with Gasteiger partial charge in [0.2, 0.25) is 0 Å². The number of esters is 1. The van der Waals surface area contributed by atoms with E-state index in [1.54, 1.807) is 6.92 Å². The number of aryl methyl sites for hydroxylation is 2. The molecule has 4 nitrogen and oxygen atoms in total. The lowest BCUT2D eigenvalue weighted by molar-refractivity contribution is -0.123. The van der Waals surface area contributed by atoms with E-state index in [2.05, 4.69) is 5.32 Å². The molecule has 0 fully saturated rings. The number of thiophene rings is 1. The van der Waals surface area contributed by atoms with Crippen molar-refractivity contribution in [2.24, 2.45) is 0 Å². The van der Waals surface area contributed by atoms with E-state index < -0.39 is 12.1 Å². The molecule has 0 unspecified atom stereocenters. The quantitative estimate of drug-likeness (QED) is 0.480. The number of rotatable bonds is 4. The van der Waals surface area contributed by atoms with Gasteiger partial charge in [0.25, 0.3) is 5.91 Å². The minimum absolute atomic E-state index is 0.331. The third-order valence-corrected chi connectivity index (χ3v) is 6.37. The number of hydrogen-bond donors (Lipinski definition) is 1. The van der Waals surface area contributed by atoms with Crippen molar-refractivity contribution in [2.45, 2.75) is 45.1 Å². The Labute approximate surface area is 168 Å². The summed E-state index contributed by atoms with van der Waals surface area (Å²) in [7, 11) is 0. The molecule has 4 rings (SSSR count). The molecule has 1 aromatic heterocycles. The van der Waals surface area contributed by atoms with Crippen molar-refractivity contribution in [3.05, 3.63) is 63.8 Å². The van der Waals surface area contributed by atoms with E-state index >= 15 is 0 Å². The highest BCUT2D eigenvalue weighted by Gasteiger charge is 2.22. The fourth-order valence-corrected chi connectivity index (χ4v) is 4.75. The van der Waals surface area contributed by atoms with Crippen LogP contribution >= 0.6 is 11.3 Å². The molecular formula is C23H23NO3S. The Morgan fingerprint density at radius 1 is 1.04 bits per heavy atom. The summed E-state index contributed by atoms with van der Waals surface area (Å²) < 4.78 is 5.45. The van der Waals surface area contributed by atoms with Crippen LogP contribution in [-0.4, -0.2) is 18.0 Å². The number of ether oxygens (including phenoxy) is 1. The normalized spacial score (nSPS) is 14.8. The molecule has 0 saturated heterocycles. The van der Waals surface area contributed by atoms with Crippen LogP contribution < -0.4 is 5.32 Å². The van der Waals surface area contributed by atoms with Crippen molar-refractivity contribution in [1.82, 2.24) is 0 Å². The maximum atomic E-state index is 12.6. The monoisotopic (exact) mass is 393 g/mol. The van der Waals surface area contributed by atoms with Gasteiger partial charge in [-0.1, -0.05) is 42.8 Å². The first kappa shape index (κ1) is 18.7. The SMILES string of the molecule is C[C@@H](OC(=O)c1cc2c(s1)CCCCC2)C(=O)Nc1cccc2ccccc12. The zero-order chi connectivity index (χ0) is 19.5. The van der Waals surface area contributed by atoms with Gasteiger partial charge in [0.05, 0.1) is 0 Å². The highest BCUT2D eigenvalue weighted by molar-refractivity contribution is 7.14. The van der Waals surface area contributed by atoms with Crippen molar-refractivity contribution < 1.29 is 14.3 Å². The number of nitrogens with one attached hydrogen (secondary N) is 1. The zero-order valence-corrected chi connectivity index (χ0v) is 16.7. The lowest BCUT2D eigenvalue weighted by Crippen LogP contribution is -2.29. The van der Waals surface area contributed by atoms with E-state index in [0.717, 1.165) is 23.6 Å². The van der Waals surface area contributed by atoms with Crippen molar-refractivity contribution in [2.75, 3.05) is 5.32 Å². The van der Waals surface area contributed by atoms with Crippen LogP contribution in [0.4, 0.5) is 5.69 Å². The Balaban J connectivity index is 1.43. The fourth-order valence-electron chi connectivity index (χ4n) is 3.61. The molecule has 28 heavy (non-hydrogen) atoms. The van der Waals surface area contributed by atoms with Gasteiger partial charge in [-0.05, 0) is 55.7 Å². The summed E-state index contributed by atoms with van der Waals surface area (Å²) in [5.74, 6) is -0.749. The maximum absolute atomic E-state index is 12.6. The molecule has 144 valence electrons. The standard InChI is InChI=1S/C23H23NO3S/c1-15(22(25)24-19-12-7-10-16-8-5-6-11-18(16)19)27-23(26)21-14-17-9-3-2-4-13-20(17)28-21/h5-8,10-12,14-15H,2-4,9,13H2,1H3,(H,24,25)/t15-/m1/s1. The van der Waals surface area contributed by atoms with E-state index in [-0.39, 0.29) is 5.91 Å². The Kier molecular flexibility index (Phi) is 5.44. The fraction of sp³-hybridized carbons (Fsp3) is 0.304. The van der Waals surface area contributed by atoms with Crippen LogP contribution in [0.3, 0.4) is 0 Å². The first-order valence-electron chi connectivity index (χ1n) is 9.73. The largest absolute Gasteiger partial charge is 0.448 e. The molecule has 0 radical (unpaired) electrons. The smallest absolute Gasteiger partial charge is 0.349 e. The van der Waals surface area contributed by atoms with E-state index in [4.69, 9.17) is 4.74 Å². The molecule has 0 aliphatic heterocycles. The van der Waals surface area contributed by atoms with Crippen LogP contribution in [0.5, 0.6) is 0 Å². The molecule has 1 amide bonds. The number of carbonyl (C=O) groups is 2. The summed E-state index contributed by atoms with van der Waals surface area (Å²) in [4.78, 5) is 27.0. The van der Waals surface area contributed by atoms with E-state index in [1.807, 2.05) is 48.5 Å². The van der Waals surface area contributed by atoms with Gasteiger partial charge in [-0.25, -0.2) is 4.79 Å². The molecule has 1 N–H and O–H groups in total. The highest BCUT2D eigenvalue weighted by Crippen LogP contribution is 2.29. The third kappa shape index (κ3) is 3.94. The van der Waals surface area contributed by atoms with Crippen LogP contribution in [0.25, 0.3) is 10.8 Å². The van der Waals surface area contributed by atoms with Gasteiger partial charge in [0.15, 0.2) is 6.10 Å². The second-order valence-electron chi connectivity index (χ2n) is 7.18. The molecule has 0 spiro atoms. The van der Waals surface area contributed by atoms with Crippen molar-refractivity contribution in [3.63, 3.8) is 0 Å². The van der Waals surface area contributed by atoms with Crippen molar-refractivity contribution in [3.8, 4) is 0 Å². The van der Waals surface area contributed by atoms with E-state index in [0.29, 0.717) is 10.6 Å². The molecule has 1 aliphatic carbocycles. The highest BCUT2D eigenvalue weighted by atomic mass is 32.1. The molecule has 2 aromatic carbocycles. The minimum Gasteiger partial charge on any atom is -0.448 e. The van der Waals surface area contributed by atoms with Gasteiger partial charge in [0.1, 0.15) is 4.88 Å². The summed E-state index contributed by atoms with van der Waals surface area (Å²) in [6, 6.07) is 15.5. The van der Waals surface area contributed by atoms with Gasteiger partial charge < -0.3 is 10.1 Å². The number of carbonyl (C=O) groups excluding carboxylic acids is 2. The molecule has 0 saturated carbocycles. The summed E-state index contributed by atoms with van der Waals surface area (Å²) >= 11 is 1.51. The van der Waals surface area contributed by atoms with E-state index in [9.17, 15) is 9.59 Å². The van der Waals surface area contributed by atoms with Crippen LogP contribution in [0, 0.1) is 0 Å². The summed E-state index contributed by atoms with van der Waals surface area (Å²) in [6.45, 7) is 1.61. The van der Waals surface area contributed by atoms with Crippen LogP contribution in [0.15, 0.2) is 48.5 Å². The van der Waals surface area contributed by atoms with Crippen LogP contribution in [0.2, 0.25) is 0 Å². The summed E-state index contributed by atoms with van der Waals surface area (Å²) in [5, 5.41) is 4.89. The number of fused-ring (bicyclic) bond motifs is 2. The van der Waals surface area contributed by atoms with Gasteiger partial charge in [0, 0.05) is 16.0 Å². The minimum atomic E-state index is -0.867. The number of benzene rings is 2. The second-order valence-corrected chi connectivity index (χ2v) is 8.32. The third-order valence-electron chi connectivity index (χ3n) is 5.15.